The van der Waals surface area contributed by atoms with Crippen LogP contribution in [0.5, 0.6) is 0 Å². The molecule has 0 aliphatic rings. The highest BCUT2D eigenvalue weighted by atomic mass is 16.3. The van der Waals surface area contributed by atoms with Gasteiger partial charge in [-0.25, -0.2) is 4.98 Å². The number of oxazole rings is 1. The second-order valence-electron chi connectivity index (χ2n) is 14.3. The lowest BCUT2D eigenvalue weighted by Crippen LogP contribution is -2.10. The summed E-state index contributed by atoms with van der Waals surface area (Å²) < 4.78 is 6.11. The summed E-state index contributed by atoms with van der Waals surface area (Å²) in [6.45, 7) is 0. The highest BCUT2D eigenvalue weighted by Gasteiger charge is 2.17. The summed E-state index contributed by atoms with van der Waals surface area (Å²) in [4.78, 5) is 11.8. The fraction of sp³-hybridized carbons (Fsp3) is 0. The molecule has 11 rings (SSSR count). The highest BCUT2D eigenvalue weighted by Crippen LogP contribution is 2.40. The van der Waals surface area contributed by atoms with Crippen molar-refractivity contribution in [2.75, 3.05) is 4.90 Å². The number of hydrogen-bond donors (Lipinski definition) is 0. The van der Waals surface area contributed by atoms with Gasteiger partial charge in [0.25, 0.3) is 0 Å². The molecule has 0 radical (unpaired) electrons. The van der Waals surface area contributed by atoms with Gasteiger partial charge >= 0.3 is 0 Å². The Kier molecular flexibility index (Phi) is 7.46. The van der Waals surface area contributed by atoms with E-state index in [0.29, 0.717) is 5.89 Å². The van der Waals surface area contributed by atoms with Crippen molar-refractivity contribution in [3.05, 3.63) is 200 Å². The van der Waals surface area contributed by atoms with Crippen LogP contribution in [0.15, 0.2) is 205 Å². The monoisotopic (exact) mass is 715 g/mol. The highest BCUT2D eigenvalue weighted by molar-refractivity contribution is 6.10. The third-order valence-corrected chi connectivity index (χ3v) is 10.9. The molecule has 262 valence electrons. The predicted molar refractivity (Wildman–Crippen MR) is 233 cm³/mol. The predicted octanol–water partition coefficient (Wildman–Crippen LogP) is 14.3. The zero-order valence-electron chi connectivity index (χ0n) is 30.3. The molecule has 0 unspecified atom stereocenters. The third-order valence-electron chi connectivity index (χ3n) is 10.9. The van der Waals surface area contributed by atoms with Crippen LogP contribution in [0.4, 0.5) is 17.1 Å². The number of pyridine rings is 1. The molecule has 0 bridgehead atoms. The summed E-state index contributed by atoms with van der Waals surface area (Å²) in [6.07, 6.45) is 1.89. The molecular weight excluding hydrogens is 683 g/mol. The second kappa shape index (κ2) is 13.1. The lowest BCUT2D eigenvalue weighted by atomic mass is 9.96. The van der Waals surface area contributed by atoms with Gasteiger partial charge in [-0.3, -0.25) is 4.98 Å². The van der Waals surface area contributed by atoms with Crippen LogP contribution < -0.4 is 4.90 Å². The minimum atomic E-state index is 0.609. The van der Waals surface area contributed by atoms with E-state index in [-0.39, 0.29) is 0 Å². The van der Waals surface area contributed by atoms with Gasteiger partial charge in [-0.05, 0) is 128 Å². The van der Waals surface area contributed by atoms with E-state index in [1.807, 2.05) is 30.5 Å². The smallest absolute Gasteiger partial charge is 0.227 e. The van der Waals surface area contributed by atoms with Crippen LogP contribution in [0.3, 0.4) is 0 Å². The molecule has 0 fully saturated rings. The quantitative estimate of drug-likeness (QED) is 0.161. The molecule has 0 saturated heterocycles. The SMILES string of the molecule is c1ccc2cc(-c3ccc4c(ccc5cc(N(c6ccc(-c7nc8ccccc8o7)cc6)c6ccc(-c7nccc8ccccc78)cc6)ccc54)c3)ccc2c1. The summed E-state index contributed by atoms with van der Waals surface area (Å²) in [5, 5.41) is 9.68. The van der Waals surface area contributed by atoms with Crippen LogP contribution in [0.1, 0.15) is 0 Å². The van der Waals surface area contributed by atoms with Crippen molar-refractivity contribution in [1.29, 1.82) is 0 Å². The topological polar surface area (TPSA) is 42.2 Å². The minimum Gasteiger partial charge on any atom is -0.436 e. The molecule has 0 spiro atoms. The fourth-order valence-corrected chi connectivity index (χ4v) is 8.06. The molecule has 0 atom stereocenters. The number of aromatic nitrogens is 2. The molecule has 0 aliphatic heterocycles. The largest absolute Gasteiger partial charge is 0.436 e. The number of fused-ring (bicyclic) bond motifs is 6. The van der Waals surface area contributed by atoms with Crippen molar-refractivity contribution >= 4 is 71.3 Å². The van der Waals surface area contributed by atoms with E-state index >= 15 is 0 Å². The lowest BCUT2D eigenvalue weighted by Gasteiger charge is -2.26. The fourth-order valence-electron chi connectivity index (χ4n) is 8.06. The number of rotatable bonds is 6. The van der Waals surface area contributed by atoms with Crippen LogP contribution >= 0.6 is 0 Å². The van der Waals surface area contributed by atoms with Crippen LogP contribution in [0.25, 0.3) is 88.0 Å². The Labute approximate surface area is 323 Å². The summed E-state index contributed by atoms with van der Waals surface area (Å²) in [7, 11) is 0. The molecule has 2 heterocycles. The molecule has 56 heavy (non-hydrogen) atoms. The van der Waals surface area contributed by atoms with E-state index in [4.69, 9.17) is 14.4 Å². The van der Waals surface area contributed by atoms with Gasteiger partial charge in [0, 0.05) is 39.8 Å². The van der Waals surface area contributed by atoms with Crippen LogP contribution in [-0.4, -0.2) is 9.97 Å². The first kappa shape index (κ1) is 31.9. The first-order chi connectivity index (χ1) is 27.7. The standard InChI is InChI=1S/C52H33N3O/c1-2-9-38-31-39(14-13-34(38)7-1)40-21-27-46-41(32-40)15-16-42-33-45(26-28-47(42)46)55(44-24-19-37(20-25-44)52-54-49-11-5-6-12-50(49)56-52)43-22-17-36(18-23-43)51-48-10-4-3-8-35(48)29-30-53-51/h1-33H. The van der Waals surface area contributed by atoms with E-state index in [1.54, 1.807) is 0 Å². The van der Waals surface area contributed by atoms with Crippen molar-refractivity contribution in [3.8, 4) is 33.8 Å². The van der Waals surface area contributed by atoms with Crippen LogP contribution in [0.2, 0.25) is 0 Å². The maximum absolute atomic E-state index is 6.11. The number of hydrogen-bond acceptors (Lipinski definition) is 4. The average molecular weight is 716 g/mol. The Balaban J connectivity index is 0.993. The van der Waals surface area contributed by atoms with Crippen molar-refractivity contribution < 1.29 is 4.42 Å². The van der Waals surface area contributed by atoms with Gasteiger partial charge in [0.1, 0.15) is 5.52 Å². The van der Waals surface area contributed by atoms with Crippen molar-refractivity contribution in [3.63, 3.8) is 0 Å². The van der Waals surface area contributed by atoms with Gasteiger partial charge in [-0.15, -0.1) is 0 Å². The van der Waals surface area contributed by atoms with E-state index < -0.39 is 0 Å². The van der Waals surface area contributed by atoms with E-state index in [2.05, 4.69) is 175 Å². The Hall–Kier alpha value is -7.56. The average Bonchev–Trinajstić information content (AvgIpc) is 3.71. The maximum atomic E-state index is 6.11. The summed E-state index contributed by atoms with van der Waals surface area (Å²) in [5.41, 5.74) is 10.2. The third kappa shape index (κ3) is 5.55. The Morgan fingerprint density at radius 2 is 0.946 bits per heavy atom. The zero-order chi connectivity index (χ0) is 37.0. The molecule has 0 saturated carbocycles. The molecule has 0 N–H and O–H groups in total. The Morgan fingerprint density at radius 1 is 0.375 bits per heavy atom. The first-order valence-corrected chi connectivity index (χ1v) is 18.9. The molecule has 0 amide bonds. The van der Waals surface area contributed by atoms with Gasteiger partial charge in [0.15, 0.2) is 5.58 Å². The normalized spacial score (nSPS) is 11.6. The lowest BCUT2D eigenvalue weighted by molar-refractivity contribution is 0.620. The number of anilines is 3. The van der Waals surface area contributed by atoms with Crippen molar-refractivity contribution in [1.82, 2.24) is 9.97 Å². The van der Waals surface area contributed by atoms with E-state index in [0.717, 1.165) is 50.4 Å². The molecule has 4 nitrogen and oxygen atoms in total. The van der Waals surface area contributed by atoms with Crippen LogP contribution in [0, 0.1) is 0 Å². The number of nitrogens with zero attached hydrogens (tertiary/aromatic N) is 3. The number of para-hydroxylation sites is 2. The molecule has 4 heteroatoms. The Bertz CT molecular complexity index is 3220. The van der Waals surface area contributed by atoms with E-state index in [9.17, 15) is 0 Å². The van der Waals surface area contributed by atoms with Gasteiger partial charge in [-0.2, -0.15) is 0 Å². The van der Waals surface area contributed by atoms with Crippen molar-refractivity contribution in [2.45, 2.75) is 0 Å². The summed E-state index contributed by atoms with van der Waals surface area (Å²) in [5.74, 6) is 0.609. The summed E-state index contributed by atoms with van der Waals surface area (Å²) in [6, 6.07) is 68.9. The van der Waals surface area contributed by atoms with Gasteiger partial charge in [0.2, 0.25) is 5.89 Å². The van der Waals surface area contributed by atoms with E-state index in [1.165, 1.54) is 48.8 Å². The van der Waals surface area contributed by atoms with Gasteiger partial charge < -0.3 is 9.32 Å². The Morgan fingerprint density at radius 3 is 1.73 bits per heavy atom. The first-order valence-electron chi connectivity index (χ1n) is 18.9. The second-order valence-corrected chi connectivity index (χ2v) is 14.3. The zero-order valence-corrected chi connectivity index (χ0v) is 30.3. The summed E-state index contributed by atoms with van der Waals surface area (Å²) >= 11 is 0. The maximum Gasteiger partial charge on any atom is 0.227 e. The van der Waals surface area contributed by atoms with Gasteiger partial charge in [-0.1, -0.05) is 115 Å². The molecule has 9 aromatic carbocycles. The number of benzene rings is 9. The molecular formula is C52H33N3O. The minimum absolute atomic E-state index is 0.609. The van der Waals surface area contributed by atoms with Gasteiger partial charge in [0.05, 0.1) is 5.69 Å². The van der Waals surface area contributed by atoms with Crippen LogP contribution in [-0.2, 0) is 0 Å². The molecule has 2 aromatic heterocycles. The molecule has 0 aliphatic carbocycles. The molecule has 11 aromatic rings. The van der Waals surface area contributed by atoms with Crippen molar-refractivity contribution in [2.24, 2.45) is 0 Å².